The molecule has 0 amide bonds. The second kappa shape index (κ2) is 5.88. The Morgan fingerprint density at radius 1 is 1.32 bits per heavy atom. The van der Waals surface area contributed by atoms with Gasteiger partial charge >= 0.3 is 0 Å². The molecule has 1 aliphatic heterocycles. The molecule has 0 radical (unpaired) electrons. The number of ether oxygens (including phenoxy) is 1. The molecule has 2 aromatic rings. The van der Waals surface area contributed by atoms with Crippen molar-refractivity contribution in [1.29, 1.82) is 0 Å². The Bertz CT molecular complexity index is 526. The van der Waals surface area contributed by atoms with E-state index >= 15 is 0 Å². The van der Waals surface area contributed by atoms with Crippen LogP contribution in [0.3, 0.4) is 0 Å². The topological polar surface area (TPSA) is 27.1 Å². The Morgan fingerprint density at radius 2 is 2.16 bits per heavy atom. The van der Waals surface area contributed by atoms with Gasteiger partial charge in [-0.05, 0) is 18.4 Å². The summed E-state index contributed by atoms with van der Waals surface area (Å²) in [5, 5.41) is 4.43. The van der Waals surface area contributed by atoms with Gasteiger partial charge in [0.05, 0.1) is 18.8 Å². The quantitative estimate of drug-likeness (QED) is 0.809. The number of hydrogen-bond donors (Lipinski definition) is 0. The van der Waals surface area contributed by atoms with Crippen LogP contribution < -0.4 is 0 Å². The van der Waals surface area contributed by atoms with Gasteiger partial charge in [0.1, 0.15) is 0 Å². The summed E-state index contributed by atoms with van der Waals surface area (Å²) in [6, 6.07) is 10.4. The van der Waals surface area contributed by atoms with E-state index in [0.717, 1.165) is 26.0 Å². The lowest BCUT2D eigenvalue weighted by molar-refractivity contribution is 0.0187. The van der Waals surface area contributed by atoms with Gasteiger partial charge in [-0.3, -0.25) is 4.68 Å². The van der Waals surface area contributed by atoms with Crippen molar-refractivity contribution in [2.45, 2.75) is 30.3 Å². The Morgan fingerprint density at radius 3 is 2.95 bits per heavy atom. The van der Waals surface area contributed by atoms with Gasteiger partial charge in [0.25, 0.3) is 0 Å². The molecule has 1 fully saturated rings. The predicted molar refractivity (Wildman–Crippen MR) is 78.4 cm³/mol. The third kappa shape index (κ3) is 3.25. The highest BCUT2D eigenvalue weighted by molar-refractivity contribution is 9.09. The molecule has 1 aromatic carbocycles. The van der Waals surface area contributed by atoms with Gasteiger partial charge in [-0.2, -0.15) is 5.10 Å². The van der Waals surface area contributed by atoms with Gasteiger partial charge in [-0.25, -0.2) is 0 Å². The van der Waals surface area contributed by atoms with E-state index in [1.807, 2.05) is 16.9 Å². The standard InChI is InChI=1S/C15H17BrN2O/c16-14-6-7-19-15(8-14)13-9-17-18(11-13)10-12-4-2-1-3-5-12/h1-5,9,11,14-15H,6-8,10H2. The normalized spacial score (nSPS) is 23.4. The minimum absolute atomic E-state index is 0.183. The van der Waals surface area contributed by atoms with Crippen molar-refractivity contribution in [3.05, 3.63) is 53.9 Å². The molecular formula is C15H17BrN2O. The van der Waals surface area contributed by atoms with Crippen molar-refractivity contribution >= 4 is 15.9 Å². The number of nitrogens with zero attached hydrogens (tertiary/aromatic N) is 2. The largest absolute Gasteiger partial charge is 0.373 e. The summed E-state index contributed by atoms with van der Waals surface area (Å²) in [4.78, 5) is 0.559. The molecule has 2 heterocycles. The van der Waals surface area contributed by atoms with Crippen molar-refractivity contribution in [3.63, 3.8) is 0 Å². The maximum atomic E-state index is 5.81. The number of hydrogen-bond acceptors (Lipinski definition) is 2. The minimum Gasteiger partial charge on any atom is -0.373 e. The van der Waals surface area contributed by atoms with Crippen LogP contribution in [-0.4, -0.2) is 21.2 Å². The lowest BCUT2D eigenvalue weighted by atomic mass is 10.0. The van der Waals surface area contributed by atoms with Gasteiger partial charge in [0.2, 0.25) is 0 Å². The lowest BCUT2D eigenvalue weighted by Crippen LogP contribution is -2.19. The minimum atomic E-state index is 0.183. The number of benzene rings is 1. The zero-order valence-corrected chi connectivity index (χ0v) is 12.3. The number of rotatable bonds is 3. The van der Waals surface area contributed by atoms with Crippen molar-refractivity contribution in [2.24, 2.45) is 0 Å². The third-order valence-corrected chi connectivity index (χ3v) is 4.26. The molecule has 0 N–H and O–H groups in total. The molecule has 1 saturated heterocycles. The van der Waals surface area contributed by atoms with Crippen LogP contribution in [0.1, 0.15) is 30.1 Å². The molecular weight excluding hydrogens is 304 g/mol. The zero-order valence-electron chi connectivity index (χ0n) is 10.7. The van der Waals surface area contributed by atoms with Crippen LogP contribution in [0.15, 0.2) is 42.7 Å². The number of alkyl halides is 1. The summed E-state index contributed by atoms with van der Waals surface area (Å²) in [7, 11) is 0. The first-order valence-corrected chi connectivity index (χ1v) is 7.55. The first-order chi connectivity index (χ1) is 9.31. The molecule has 0 spiro atoms. The van der Waals surface area contributed by atoms with Crippen molar-refractivity contribution in [1.82, 2.24) is 9.78 Å². The number of aromatic nitrogens is 2. The fourth-order valence-corrected chi connectivity index (χ4v) is 2.92. The molecule has 3 rings (SSSR count). The molecule has 0 bridgehead atoms. The van der Waals surface area contributed by atoms with Crippen LogP contribution in [0.2, 0.25) is 0 Å². The second-order valence-corrected chi connectivity index (χ2v) is 6.23. The van der Waals surface area contributed by atoms with Crippen LogP contribution >= 0.6 is 15.9 Å². The maximum Gasteiger partial charge on any atom is 0.0866 e. The van der Waals surface area contributed by atoms with Crippen LogP contribution in [0.5, 0.6) is 0 Å². The van der Waals surface area contributed by atoms with Gasteiger partial charge in [0, 0.05) is 23.2 Å². The molecule has 2 atom stereocenters. The summed E-state index contributed by atoms with van der Waals surface area (Å²) in [6.07, 6.45) is 6.33. The van der Waals surface area contributed by atoms with E-state index in [1.54, 1.807) is 0 Å². The second-order valence-electron chi connectivity index (χ2n) is 4.94. The van der Waals surface area contributed by atoms with Crippen LogP contribution in [0, 0.1) is 0 Å². The average Bonchev–Trinajstić information content (AvgIpc) is 2.88. The van der Waals surface area contributed by atoms with Crippen molar-refractivity contribution in [2.75, 3.05) is 6.61 Å². The summed E-state index contributed by atoms with van der Waals surface area (Å²) in [6.45, 7) is 1.63. The maximum absolute atomic E-state index is 5.81. The summed E-state index contributed by atoms with van der Waals surface area (Å²) < 4.78 is 7.79. The first kappa shape index (κ1) is 12.9. The van der Waals surface area contributed by atoms with E-state index in [-0.39, 0.29) is 6.10 Å². The monoisotopic (exact) mass is 320 g/mol. The van der Waals surface area contributed by atoms with Crippen molar-refractivity contribution < 1.29 is 4.74 Å². The summed E-state index contributed by atoms with van der Waals surface area (Å²) in [5.74, 6) is 0. The smallest absolute Gasteiger partial charge is 0.0866 e. The Hall–Kier alpha value is -1.13. The van der Waals surface area contributed by atoms with Gasteiger partial charge in [-0.1, -0.05) is 46.3 Å². The highest BCUT2D eigenvalue weighted by Gasteiger charge is 2.23. The molecule has 4 heteroatoms. The molecule has 1 aliphatic rings. The molecule has 0 aliphatic carbocycles. The van der Waals surface area contributed by atoms with E-state index in [4.69, 9.17) is 4.74 Å². The molecule has 19 heavy (non-hydrogen) atoms. The predicted octanol–water partition coefficient (Wildman–Crippen LogP) is 3.55. The third-order valence-electron chi connectivity index (χ3n) is 3.43. The SMILES string of the molecule is BrC1CCOC(c2cnn(Cc3ccccc3)c2)C1. The molecule has 2 unspecified atom stereocenters. The summed E-state index contributed by atoms with van der Waals surface area (Å²) in [5.41, 5.74) is 2.44. The lowest BCUT2D eigenvalue weighted by Gasteiger charge is -2.25. The first-order valence-electron chi connectivity index (χ1n) is 6.63. The van der Waals surface area contributed by atoms with Gasteiger partial charge in [0.15, 0.2) is 0 Å². The fourth-order valence-electron chi connectivity index (χ4n) is 2.39. The van der Waals surface area contributed by atoms with Gasteiger partial charge in [-0.15, -0.1) is 0 Å². The van der Waals surface area contributed by atoms with Crippen molar-refractivity contribution in [3.8, 4) is 0 Å². The molecule has 1 aromatic heterocycles. The molecule has 0 saturated carbocycles. The Labute approximate surface area is 121 Å². The van der Waals surface area contributed by atoms with E-state index in [9.17, 15) is 0 Å². The molecule has 100 valence electrons. The van der Waals surface area contributed by atoms with Gasteiger partial charge < -0.3 is 4.74 Å². The highest BCUT2D eigenvalue weighted by Crippen LogP contribution is 2.31. The van der Waals surface area contributed by atoms with E-state index < -0.39 is 0 Å². The van der Waals surface area contributed by atoms with Crippen LogP contribution in [-0.2, 0) is 11.3 Å². The Balaban J connectivity index is 1.69. The van der Waals surface area contributed by atoms with Crippen LogP contribution in [0.25, 0.3) is 0 Å². The van der Waals surface area contributed by atoms with E-state index in [2.05, 4.69) is 51.5 Å². The van der Waals surface area contributed by atoms with E-state index in [0.29, 0.717) is 4.83 Å². The fraction of sp³-hybridized carbons (Fsp3) is 0.400. The Kier molecular flexibility index (Phi) is 3.99. The van der Waals surface area contributed by atoms with E-state index in [1.165, 1.54) is 11.1 Å². The highest BCUT2D eigenvalue weighted by atomic mass is 79.9. The zero-order chi connectivity index (χ0) is 13.1. The summed E-state index contributed by atoms with van der Waals surface area (Å²) >= 11 is 3.68. The van der Waals surface area contributed by atoms with Crippen LogP contribution in [0.4, 0.5) is 0 Å². The number of halogens is 1. The average molecular weight is 321 g/mol. The molecule has 3 nitrogen and oxygen atoms in total.